The van der Waals surface area contributed by atoms with Gasteiger partial charge < -0.3 is 20.0 Å². The van der Waals surface area contributed by atoms with Crippen LogP contribution in [-0.4, -0.2) is 42.3 Å². The quantitative estimate of drug-likeness (QED) is 0.783. The van der Waals surface area contributed by atoms with Gasteiger partial charge in [0.25, 0.3) is 5.91 Å². The second kappa shape index (κ2) is 8.73. The molecule has 0 radical (unpaired) electrons. The molecule has 0 saturated heterocycles. The Morgan fingerprint density at radius 2 is 1.85 bits per heavy atom. The van der Waals surface area contributed by atoms with Crippen LogP contribution in [0.15, 0.2) is 41.2 Å². The summed E-state index contributed by atoms with van der Waals surface area (Å²) >= 11 is 12.0. The van der Waals surface area contributed by atoms with Crippen LogP contribution in [-0.2, 0) is 9.59 Å². The highest BCUT2D eigenvalue weighted by Gasteiger charge is 2.22. The van der Waals surface area contributed by atoms with Gasteiger partial charge in [-0.05, 0) is 25.1 Å². The van der Waals surface area contributed by atoms with Gasteiger partial charge in [-0.3, -0.25) is 14.4 Å². The molecule has 0 saturated carbocycles. The fourth-order valence-corrected chi connectivity index (χ4v) is 2.65. The molecule has 1 atom stereocenters. The molecule has 3 amide bonds. The summed E-state index contributed by atoms with van der Waals surface area (Å²) in [5.74, 6) is -1.34. The van der Waals surface area contributed by atoms with Crippen molar-refractivity contribution in [3.8, 4) is 0 Å². The van der Waals surface area contributed by atoms with Gasteiger partial charge in [0, 0.05) is 7.05 Å². The number of anilines is 1. The van der Waals surface area contributed by atoms with Gasteiger partial charge >= 0.3 is 0 Å². The van der Waals surface area contributed by atoms with E-state index in [2.05, 4.69) is 10.6 Å². The molecule has 0 aliphatic carbocycles. The van der Waals surface area contributed by atoms with Crippen LogP contribution in [0.5, 0.6) is 0 Å². The summed E-state index contributed by atoms with van der Waals surface area (Å²) in [6.07, 6.45) is 2.63. The molecule has 0 bridgehead atoms. The van der Waals surface area contributed by atoms with Gasteiger partial charge in [0.15, 0.2) is 0 Å². The zero-order valence-corrected chi connectivity index (χ0v) is 15.6. The monoisotopic (exact) mass is 397 g/mol. The molecular weight excluding hydrogens is 381 g/mol. The topological polar surface area (TPSA) is 91.7 Å². The van der Waals surface area contributed by atoms with Crippen molar-refractivity contribution >= 4 is 46.6 Å². The normalized spacial score (nSPS) is 11.5. The molecule has 9 heteroatoms. The maximum absolute atomic E-state index is 12.3. The minimum absolute atomic E-state index is 0.230. The molecular formula is C17H17Cl2N3O4. The zero-order valence-electron chi connectivity index (χ0n) is 14.1. The average Bonchev–Trinajstić information content (AvgIpc) is 3.12. The zero-order chi connectivity index (χ0) is 19.3. The van der Waals surface area contributed by atoms with Crippen molar-refractivity contribution in [2.75, 3.05) is 18.9 Å². The highest BCUT2D eigenvalue weighted by atomic mass is 35.5. The lowest BCUT2D eigenvalue weighted by Crippen LogP contribution is -2.47. The minimum atomic E-state index is -0.820. The number of amides is 3. The molecule has 2 aromatic rings. The van der Waals surface area contributed by atoms with Crippen LogP contribution >= 0.6 is 23.2 Å². The predicted molar refractivity (Wildman–Crippen MR) is 98.4 cm³/mol. The number of carbonyl (C=O) groups is 3. The van der Waals surface area contributed by atoms with Crippen molar-refractivity contribution < 1.29 is 18.8 Å². The van der Waals surface area contributed by atoms with Crippen molar-refractivity contribution in [1.29, 1.82) is 0 Å². The van der Waals surface area contributed by atoms with E-state index in [0.29, 0.717) is 15.6 Å². The first-order valence-electron chi connectivity index (χ1n) is 7.61. The third-order valence-corrected chi connectivity index (χ3v) is 4.12. The van der Waals surface area contributed by atoms with Crippen LogP contribution in [0.2, 0.25) is 10.0 Å². The summed E-state index contributed by atoms with van der Waals surface area (Å²) in [6.45, 7) is 1.30. The van der Waals surface area contributed by atoms with Gasteiger partial charge in [0.1, 0.15) is 12.3 Å². The summed E-state index contributed by atoms with van der Waals surface area (Å²) in [6, 6.07) is 5.49. The van der Waals surface area contributed by atoms with E-state index in [1.165, 1.54) is 37.5 Å². The number of likely N-dealkylation sites (N-methyl/N-ethyl adjacent to an activating group) is 1. The minimum Gasteiger partial charge on any atom is -0.472 e. The van der Waals surface area contributed by atoms with Gasteiger partial charge in [-0.15, -0.1) is 0 Å². The largest absolute Gasteiger partial charge is 0.472 e. The number of benzene rings is 1. The highest BCUT2D eigenvalue weighted by Crippen LogP contribution is 2.29. The Morgan fingerprint density at radius 1 is 1.19 bits per heavy atom. The number of rotatable bonds is 6. The first-order chi connectivity index (χ1) is 12.3. The number of para-hydroxylation sites is 1. The van der Waals surface area contributed by atoms with E-state index in [4.69, 9.17) is 27.6 Å². The Morgan fingerprint density at radius 3 is 2.42 bits per heavy atom. The smallest absolute Gasteiger partial charge is 0.255 e. The average molecular weight is 398 g/mol. The summed E-state index contributed by atoms with van der Waals surface area (Å²) in [7, 11) is 1.45. The number of hydrogen-bond donors (Lipinski definition) is 2. The second-order valence-corrected chi connectivity index (χ2v) is 6.36. The molecule has 2 rings (SSSR count). The predicted octanol–water partition coefficient (Wildman–Crippen LogP) is 2.80. The summed E-state index contributed by atoms with van der Waals surface area (Å²) < 4.78 is 4.82. The van der Waals surface area contributed by atoms with Crippen LogP contribution in [0.1, 0.15) is 17.3 Å². The number of nitrogens with zero attached hydrogens (tertiary/aromatic N) is 1. The van der Waals surface area contributed by atoms with Crippen molar-refractivity contribution in [2.24, 2.45) is 0 Å². The fourth-order valence-electron chi connectivity index (χ4n) is 2.16. The van der Waals surface area contributed by atoms with Crippen molar-refractivity contribution in [3.63, 3.8) is 0 Å². The molecule has 1 aromatic heterocycles. The maximum atomic E-state index is 12.3. The van der Waals surface area contributed by atoms with E-state index in [1.54, 1.807) is 18.2 Å². The first kappa shape index (κ1) is 19.8. The molecule has 7 nitrogen and oxygen atoms in total. The lowest BCUT2D eigenvalue weighted by atomic mass is 10.2. The Labute approximate surface area is 160 Å². The maximum Gasteiger partial charge on any atom is 0.255 e. The van der Waals surface area contributed by atoms with Gasteiger partial charge in [-0.1, -0.05) is 29.3 Å². The lowest BCUT2D eigenvalue weighted by molar-refractivity contribution is -0.134. The van der Waals surface area contributed by atoms with E-state index >= 15 is 0 Å². The van der Waals surface area contributed by atoms with Gasteiger partial charge in [0.2, 0.25) is 11.8 Å². The number of hydrogen-bond acceptors (Lipinski definition) is 4. The third-order valence-electron chi connectivity index (χ3n) is 3.49. The van der Waals surface area contributed by atoms with Crippen LogP contribution in [0.3, 0.4) is 0 Å². The van der Waals surface area contributed by atoms with E-state index in [0.717, 1.165) is 0 Å². The second-order valence-electron chi connectivity index (χ2n) is 5.55. The molecule has 2 N–H and O–H groups in total. The Balaban J connectivity index is 1.91. The lowest BCUT2D eigenvalue weighted by Gasteiger charge is -2.21. The van der Waals surface area contributed by atoms with Crippen molar-refractivity contribution in [3.05, 3.63) is 52.4 Å². The molecule has 0 aliphatic heterocycles. The third kappa shape index (κ3) is 5.00. The highest BCUT2D eigenvalue weighted by molar-refractivity contribution is 6.39. The summed E-state index contributed by atoms with van der Waals surface area (Å²) in [5.41, 5.74) is 0.585. The van der Waals surface area contributed by atoms with Gasteiger partial charge in [-0.25, -0.2) is 0 Å². The van der Waals surface area contributed by atoms with E-state index in [-0.39, 0.29) is 12.2 Å². The van der Waals surface area contributed by atoms with Crippen LogP contribution in [0, 0.1) is 0 Å². The molecule has 0 fully saturated rings. The van der Waals surface area contributed by atoms with E-state index in [1.807, 2.05) is 0 Å². The molecule has 1 heterocycles. The number of furan rings is 1. The molecule has 138 valence electrons. The van der Waals surface area contributed by atoms with Crippen molar-refractivity contribution in [1.82, 2.24) is 10.2 Å². The molecule has 1 unspecified atom stereocenters. The summed E-state index contributed by atoms with van der Waals surface area (Å²) in [4.78, 5) is 37.6. The fraction of sp³-hybridized carbons (Fsp3) is 0.235. The molecule has 0 spiro atoms. The number of nitrogens with one attached hydrogen (secondary N) is 2. The van der Waals surface area contributed by atoms with Crippen LogP contribution < -0.4 is 10.6 Å². The Kier molecular flexibility index (Phi) is 6.65. The van der Waals surface area contributed by atoms with Gasteiger partial charge in [-0.2, -0.15) is 0 Å². The Bertz CT molecular complexity index is 788. The van der Waals surface area contributed by atoms with E-state index in [9.17, 15) is 14.4 Å². The van der Waals surface area contributed by atoms with Crippen LogP contribution in [0.4, 0.5) is 5.69 Å². The van der Waals surface area contributed by atoms with E-state index < -0.39 is 23.8 Å². The molecule has 1 aromatic carbocycles. The summed E-state index contributed by atoms with van der Waals surface area (Å²) in [5, 5.41) is 5.69. The van der Waals surface area contributed by atoms with Gasteiger partial charge in [0.05, 0.1) is 34.1 Å². The molecule has 26 heavy (non-hydrogen) atoms. The SMILES string of the molecule is CC(NC(=O)c1ccoc1)C(=O)N(C)CC(=O)Nc1c(Cl)cccc1Cl. The molecule has 0 aliphatic rings. The van der Waals surface area contributed by atoms with Crippen LogP contribution in [0.25, 0.3) is 0 Å². The Hall–Kier alpha value is -2.51. The standard InChI is InChI=1S/C17H17Cl2N3O4/c1-10(20-16(24)11-6-7-26-9-11)17(25)22(2)8-14(23)21-15-12(18)4-3-5-13(15)19/h3-7,9-10H,8H2,1-2H3,(H,20,24)(H,21,23). The number of halogens is 2. The van der Waals surface area contributed by atoms with Crippen molar-refractivity contribution in [2.45, 2.75) is 13.0 Å². The number of carbonyl (C=O) groups excluding carboxylic acids is 3. The first-order valence-corrected chi connectivity index (χ1v) is 8.37.